The number of unbranched alkanes of at least 4 members (excludes halogenated alkanes) is 24. The normalized spacial score (nSPS) is 13.6. The quantitative estimate of drug-likeness (QED) is 0.0430. The van der Waals surface area contributed by atoms with Crippen LogP contribution in [0.5, 0.6) is 0 Å². The van der Waals surface area contributed by atoms with Gasteiger partial charge < -0.3 is 15.5 Å². The van der Waals surface area contributed by atoms with Crippen molar-refractivity contribution in [1.82, 2.24) is 5.32 Å². The van der Waals surface area contributed by atoms with Gasteiger partial charge in [0.1, 0.15) is 0 Å². The molecule has 0 fully saturated rings. The van der Waals surface area contributed by atoms with Gasteiger partial charge in [0.2, 0.25) is 5.91 Å². The molecule has 3 N–H and O–H groups in total. The minimum atomic E-state index is -0.863. The molecule has 0 heterocycles. The van der Waals surface area contributed by atoms with Crippen molar-refractivity contribution >= 4 is 5.91 Å². The first kappa shape index (κ1) is 51.8. The first-order valence-electron chi connectivity index (χ1n) is 23.2. The fraction of sp³-hybridized carbons (Fsp3) is 0.740. The van der Waals surface area contributed by atoms with Gasteiger partial charge >= 0.3 is 0 Å². The molecule has 0 spiro atoms. The van der Waals surface area contributed by atoms with E-state index in [1.807, 2.05) is 6.08 Å². The maximum Gasteiger partial charge on any atom is 0.220 e. The molecule has 2 unspecified atom stereocenters. The third kappa shape index (κ3) is 41.0. The van der Waals surface area contributed by atoms with Crippen LogP contribution in [0.25, 0.3) is 0 Å². The Morgan fingerprint density at radius 3 is 1.30 bits per heavy atom. The maximum absolute atomic E-state index is 12.4. The molecule has 0 saturated carbocycles. The SMILES string of the molecule is CC/C=C\C/C=C\C/C=C\C/C=C\CCCCCCCCCCCCCCCCCCC(=O)NC(CO)C(O)/C=C/CC/C=C/CCCCCCCCC. The number of allylic oxidation sites excluding steroid dienone is 11. The molecular weight excluding hydrogens is 663 g/mol. The Kier molecular flexibility index (Phi) is 43.4. The molecule has 0 aliphatic heterocycles. The molecule has 0 aliphatic rings. The molecule has 0 bridgehead atoms. The van der Waals surface area contributed by atoms with E-state index in [9.17, 15) is 15.0 Å². The van der Waals surface area contributed by atoms with E-state index >= 15 is 0 Å². The topological polar surface area (TPSA) is 69.6 Å². The Labute approximate surface area is 336 Å². The van der Waals surface area contributed by atoms with Gasteiger partial charge in [-0.2, -0.15) is 0 Å². The standard InChI is InChI=1S/C50H89NO3/c1-3-5-7-9-11-13-15-17-18-19-20-21-22-23-24-25-26-27-28-29-30-31-32-34-36-38-40-42-44-46-50(54)51-48(47-52)49(53)45-43-41-39-37-35-33-16-14-12-10-8-6-4-2/h5,7,11,13,17-18,20-21,35,37,43,45,48-49,52-53H,3-4,6,8-10,12,14-16,19,22-34,36,38-42,44,46-47H2,1-2H3,(H,51,54)/b7-5-,13-11-,18-17-,21-20-,37-35+,45-43+. The zero-order chi connectivity index (χ0) is 39.3. The van der Waals surface area contributed by atoms with Crippen LogP contribution in [0, 0.1) is 0 Å². The number of aliphatic hydroxyl groups excluding tert-OH is 2. The van der Waals surface area contributed by atoms with Crippen LogP contribution in [0.2, 0.25) is 0 Å². The van der Waals surface area contributed by atoms with Gasteiger partial charge in [-0.25, -0.2) is 0 Å². The molecule has 54 heavy (non-hydrogen) atoms. The third-order valence-corrected chi connectivity index (χ3v) is 10.2. The number of nitrogens with one attached hydrogen (secondary N) is 1. The fourth-order valence-electron chi connectivity index (χ4n) is 6.66. The van der Waals surface area contributed by atoms with Gasteiger partial charge in [-0.1, -0.05) is 215 Å². The van der Waals surface area contributed by atoms with Crippen LogP contribution in [0.3, 0.4) is 0 Å². The maximum atomic E-state index is 12.4. The highest BCUT2D eigenvalue weighted by Crippen LogP contribution is 2.15. The molecule has 0 aromatic carbocycles. The summed E-state index contributed by atoms with van der Waals surface area (Å²) in [5.41, 5.74) is 0. The Hall–Kier alpha value is -2.17. The predicted molar refractivity (Wildman–Crippen MR) is 239 cm³/mol. The lowest BCUT2D eigenvalue weighted by atomic mass is 10.0. The first-order valence-corrected chi connectivity index (χ1v) is 23.2. The Balaban J connectivity index is 3.53. The zero-order valence-electron chi connectivity index (χ0n) is 35.7. The third-order valence-electron chi connectivity index (χ3n) is 10.2. The molecule has 0 saturated heterocycles. The van der Waals surface area contributed by atoms with E-state index in [2.05, 4.69) is 79.9 Å². The van der Waals surface area contributed by atoms with Crippen molar-refractivity contribution in [1.29, 1.82) is 0 Å². The molecule has 0 aliphatic carbocycles. The Morgan fingerprint density at radius 2 is 0.833 bits per heavy atom. The van der Waals surface area contributed by atoms with Gasteiger partial charge in [0, 0.05) is 6.42 Å². The van der Waals surface area contributed by atoms with E-state index in [-0.39, 0.29) is 12.5 Å². The molecule has 4 heteroatoms. The van der Waals surface area contributed by atoms with E-state index in [1.165, 1.54) is 141 Å². The minimum Gasteiger partial charge on any atom is -0.394 e. The second kappa shape index (κ2) is 45.2. The highest BCUT2D eigenvalue weighted by Gasteiger charge is 2.17. The summed E-state index contributed by atoms with van der Waals surface area (Å²) in [6.45, 7) is 4.17. The van der Waals surface area contributed by atoms with Crippen LogP contribution in [0.1, 0.15) is 219 Å². The van der Waals surface area contributed by atoms with Gasteiger partial charge in [-0.15, -0.1) is 0 Å². The van der Waals surface area contributed by atoms with Crippen LogP contribution in [-0.4, -0.2) is 34.9 Å². The summed E-state index contributed by atoms with van der Waals surface area (Å²) in [7, 11) is 0. The second-order valence-corrected chi connectivity index (χ2v) is 15.4. The lowest BCUT2D eigenvalue weighted by Gasteiger charge is -2.19. The van der Waals surface area contributed by atoms with E-state index in [1.54, 1.807) is 6.08 Å². The van der Waals surface area contributed by atoms with Crippen molar-refractivity contribution in [2.75, 3.05) is 6.61 Å². The van der Waals surface area contributed by atoms with E-state index in [0.29, 0.717) is 6.42 Å². The molecule has 0 aromatic rings. The molecule has 2 atom stereocenters. The Bertz CT molecular complexity index is 946. The predicted octanol–water partition coefficient (Wildman–Crippen LogP) is 14.7. The molecule has 0 rings (SSSR count). The van der Waals surface area contributed by atoms with E-state index < -0.39 is 12.1 Å². The van der Waals surface area contributed by atoms with Crippen molar-refractivity contribution in [3.8, 4) is 0 Å². The fourth-order valence-corrected chi connectivity index (χ4v) is 6.66. The summed E-state index contributed by atoms with van der Waals surface area (Å²) in [5, 5.41) is 23.0. The van der Waals surface area contributed by atoms with Crippen LogP contribution < -0.4 is 5.32 Å². The van der Waals surface area contributed by atoms with Gasteiger partial charge in [0.05, 0.1) is 18.8 Å². The molecular formula is C50H89NO3. The van der Waals surface area contributed by atoms with Crippen LogP contribution >= 0.6 is 0 Å². The van der Waals surface area contributed by atoms with Crippen molar-refractivity contribution in [2.45, 2.75) is 231 Å². The smallest absolute Gasteiger partial charge is 0.220 e. The summed E-state index contributed by atoms with van der Waals surface area (Å²) in [5.74, 6) is -0.0764. The van der Waals surface area contributed by atoms with E-state index in [0.717, 1.165) is 57.8 Å². The molecule has 4 nitrogen and oxygen atoms in total. The molecule has 1 amide bonds. The number of rotatable bonds is 41. The molecule has 312 valence electrons. The highest BCUT2D eigenvalue weighted by molar-refractivity contribution is 5.76. The highest BCUT2D eigenvalue weighted by atomic mass is 16.3. The number of hydrogen-bond acceptors (Lipinski definition) is 3. The van der Waals surface area contributed by atoms with E-state index in [4.69, 9.17) is 0 Å². The van der Waals surface area contributed by atoms with Gasteiger partial charge in [-0.3, -0.25) is 4.79 Å². The number of carbonyl (C=O) groups excluding carboxylic acids is 1. The number of hydrogen-bond donors (Lipinski definition) is 3. The molecule has 0 radical (unpaired) electrons. The number of carbonyl (C=O) groups is 1. The van der Waals surface area contributed by atoms with Gasteiger partial charge in [0.25, 0.3) is 0 Å². The second-order valence-electron chi connectivity index (χ2n) is 15.4. The van der Waals surface area contributed by atoms with Crippen molar-refractivity contribution < 1.29 is 15.0 Å². The number of aliphatic hydroxyl groups is 2. The van der Waals surface area contributed by atoms with Crippen LogP contribution in [-0.2, 0) is 4.79 Å². The van der Waals surface area contributed by atoms with Crippen molar-refractivity contribution in [2.24, 2.45) is 0 Å². The summed E-state index contributed by atoms with van der Waals surface area (Å²) in [6.07, 6.45) is 64.5. The first-order chi connectivity index (χ1) is 26.7. The molecule has 0 aromatic heterocycles. The summed E-state index contributed by atoms with van der Waals surface area (Å²) >= 11 is 0. The summed E-state index contributed by atoms with van der Waals surface area (Å²) in [4.78, 5) is 12.4. The average Bonchev–Trinajstić information content (AvgIpc) is 3.18. The van der Waals surface area contributed by atoms with Crippen LogP contribution in [0.15, 0.2) is 72.9 Å². The van der Waals surface area contributed by atoms with Crippen molar-refractivity contribution in [3.05, 3.63) is 72.9 Å². The van der Waals surface area contributed by atoms with Crippen LogP contribution in [0.4, 0.5) is 0 Å². The monoisotopic (exact) mass is 752 g/mol. The summed E-state index contributed by atoms with van der Waals surface area (Å²) < 4.78 is 0. The average molecular weight is 752 g/mol. The van der Waals surface area contributed by atoms with Gasteiger partial charge in [-0.05, 0) is 70.6 Å². The number of amides is 1. The zero-order valence-corrected chi connectivity index (χ0v) is 35.7. The van der Waals surface area contributed by atoms with Crippen molar-refractivity contribution in [3.63, 3.8) is 0 Å². The minimum absolute atomic E-state index is 0.0764. The Morgan fingerprint density at radius 1 is 0.463 bits per heavy atom. The summed E-state index contributed by atoms with van der Waals surface area (Å²) in [6, 6.07) is -0.640. The lowest BCUT2D eigenvalue weighted by Crippen LogP contribution is -2.45. The largest absolute Gasteiger partial charge is 0.394 e. The van der Waals surface area contributed by atoms with Gasteiger partial charge in [0.15, 0.2) is 0 Å². The lowest BCUT2D eigenvalue weighted by molar-refractivity contribution is -0.123.